The smallest absolute Gasteiger partial charge is 0.0817 e. The molecule has 0 aliphatic rings. The van der Waals surface area contributed by atoms with E-state index in [9.17, 15) is 0 Å². The van der Waals surface area contributed by atoms with Crippen molar-refractivity contribution < 1.29 is 4.74 Å². The first kappa shape index (κ1) is 13.5. The average Bonchev–Trinajstić information content (AvgIpc) is 2.30. The molecule has 1 aromatic rings. The lowest BCUT2D eigenvalue weighted by Gasteiger charge is -2.30. The van der Waals surface area contributed by atoms with Gasteiger partial charge < -0.3 is 4.74 Å². The van der Waals surface area contributed by atoms with Crippen LogP contribution in [-0.4, -0.2) is 6.10 Å². The van der Waals surface area contributed by atoms with Gasteiger partial charge in [0.1, 0.15) is 0 Å². The van der Waals surface area contributed by atoms with Gasteiger partial charge in [0.25, 0.3) is 0 Å². The summed E-state index contributed by atoms with van der Waals surface area (Å²) in [5, 5.41) is 0. The van der Waals surface area contributed by atoms with Crippen molar-refractivity contribution in [3.05, 3.63) is 48.6 Å². The molecule has 90 valence electrons. The van der Waals surface area contributed by atoms with Crippen LogP contribution in [0.5, 0.6) is 0 Å². The quantitative estimate of drug-likeness (QED) is 0.531. The fraction of sp³-hybridized carbons (Fsp3) is 0.375. The summed E-state index contributed by atoms with van der Waals surface area (Å²) in [5.74, 6) is 2.69. The first-order chi connectivity index (χ1) is 8.10. The third-order valence-electron chi connectivity index (χ3n) is 2.81. The second-order valence-electron chi connectivity index (χ2n) is 4.82. The largest absolute Gasteiger partial charge is 0.369 e. The van der Waals surface area contributed by atoms with Crippen molar-refractivity contribution in [1.82, 2.24) is 0 Å². The number of hydrogen-bond acceptors (Lipinski definition) is 1. The third-order valence-corrected chi connectivity index (χ3v) is 2.81. The lowest BCUT2D eigenvalue weighted by molar-refractivity contribution is -0.00161. The first-order valence-electron chi connectivity index (χ1n) is 5.81. The highest BCUT2D eigenvalue weighted by atomic mass is 16.5. The zero-order valence-corrected chi connectivity index (χ0v) is 10.6. The lowest BCUT2D eigenvalue weighted by atomic mass is 9.83. The Hall–Kier alpha value is -1.52. The van der Waals surface area contributed by atoms with Crippen molar-refractivity contribution in [3.8, 4) is 12.3 Å². The molecule has 1 unspecified atom stereocenters. The van der Waals surface area contributed by atoms with Crippen LogP contribution in [0.1, 0.15) is 25.8 Å². The zero-order chi connectivity index (χ0) is 12.7. The number of benzene rings is 1. The molecule has 0 amide bonds. The molecule has 0 fully saturated rings. The monoisotopic (exact) mass is 228 g/mol. The minimum atomic E-state index is -0.0781. The van der Waals surface area contributed by atoms with Crippen molar-refractivity contribution in [2.24, 2.45) is 5.41 Å². The molecule has 1 aromatic carbocycles. The topological polar surface area (TPSA) is 9.23 Å². The van der Waals surface area contributed by atoms with Crippen molar-refractivity contribution in [2.75, 3.05) is 0 Å². The molecule has 0 saturated heterocycles. The standard InChI is InChI=1S/C16H20O/c1-5-12-16(3,4)15(6-2)17-13-14-10-8-7-9-11-14/h1,6-11,15H,2,12-13H2,3-4H3. The first-order valence-corrected chi connectivity index (χ1v) is 5.81. The van der Waals surface area contributed by atoms with E-state index in [1.165, 1.54) is 0 Å². The van der Waals surface area contributed by atoms with E-state index in [2.05, 4.69) is 26.3 Å². The SMILES string of the molecule is C#CCC(C)(C)C(C=C)OCc1ccccc1. The molecule has 1 rings (SSSR count). The van der Waals surface area contributed by atoms with Crippen LogP contribution in [0, 0.1) is 17.8 Å². The van der Waals surface area contributed by atoms with Crippen LogP contribution in [-0.2, 0) is 11.3 Å². The van der Waals surface area contributed by atoms with E-state index in [0.29, 0.717) is 13.0 Å². The van der Waals surface area contributed by atoms with Crippen molar-refractivity contribution in [3.63, 3.8) is 0 Å². The van der Waals surface area contributed by atoms with Crippen molar-refractivity contribution >= 4 is 0 Å². The van der Waals surface area contributed by atoms with Gasteiger partial charge in [-0.05, 0) is 5.56 Å². The average molecular weight is 228 g/mol. The Labute approximate surface area is 105 Å². The Balaban J connectivity index is 2.60. The highest BCUT2D eigenvalue weighted by Crippen LogP contribution is 2.28. The molecule has 0 heterocycles. The van der Waals surface area contributed by atoms with Gasteiger partial charge in [0, 0.05) is 11.8 Å². The maximum Gasteiger partial charge on any atom is 0.0817 e. The molecule has 0 aromatic heterocycles. The van der Waals surface area contributed by atoms with E-state index in [1.807, 2.05) is 36.4 Å². The van der Waals surface area contributed by atoms with Gasteiger partial charge in [0.2, 0.25) is 0 Å². The van der Waals surface area contributed by atoms with E-state index in [1.54, 1.807) is 0 Å². The summed E-state index contributed by atoms with van der Waals surface area (Å²) < 4.78 is 5.88. The second-order valence-corrected chi connectivity index (χ2v) is 4.82. The van der Waals surface area contributed by atoms with E-state index in [4.69, 9.17) is 11.2 Å². The number of rotatable bonds is 6. The third kappa shape index (κ3) is 4.09. The second kappa shape index (κ2) is 6.27. The number of terminal acetylenes is 1. The summed E-state index contributed by atoms with van der Waals surface area (Å²) in [7, 11) is 0. The van der Waals surface area contributed by atoms with Gasteiger partial charge >= 0.3 is 0 Å². The Morgan fingerprint density at radius 2 is 2.06 bits per heavy atom. The molecule has 1 heteroatoms. The maximum absolute atomic E-state index is 5.88. The molecule has 1 nitrogen and oxygen atoms in total. The summed E-state index contributed by atoms with van der Waals surface area (Å²) in [6.45, 7) is 8.62. The van der Waals surface area contributed by atoms with Gasteiger partial charge in [-0.2, -0.15) is 0 Å². The van der Waals surface area contributed by atoms with Gasteiger partial charge in [-0.3, -0.25) is 0 Å². The van der Waals surface area contributed by atoms with Crippen LogP contribution >= 0.6 is 0 Å². The van der Waals surface area contributed by atoms with Crippen LogP contribution in [0.25, 0.3) is 0 Å². The minimum absolute atomic E-state index is 0.0289. The van der Waals surface area contributed by atoms with Crippen LogP contribution in [0.3, 0.4) is 0 Å². The van der Waals surface area contributed by atoms with Gasteiger partial charge in [-0.25, -0.2) is 0 Å². The predicted octanol–water partition coefficient (Wildman–Crippen LogP) is 3.81. The molecule has 0 N–H and O–H groups in total. The Morgan fingerprint density at radius 3 is 2.59 bits per heavy atom. The summed E-state index contributed by atoms with van der Waals surface area (Å²) in [4.78, 5) is 0. The molecular weight excluding hydrogens is 208 g/mol. The summed E-state index contributed by atoms with van der Waals surface area (Å²) in [6.07, 6.45) is 7.86. The molecule has 0 bridgehead atoms. The van der Waals surface area contributed by atoms with Crippen LogP contribution < -0.4 is 0 Å². The molecule has 0 spiro atoms. The van der Waals surface area contributed by atoms with Crippen LogP contribution in [0.2, 0.25) is 0 Å². The van der Waals surface area contributed by atoms with Crippen molar-refractivity contribution in [1.29, 1.82) is 0 Å². The van der Waals surface area contributed by atoms with E-state index in [-0.39, 0.29) is 11.5 Å². The molecule has 0 aliphatic carbocycles. The fourth-order valence-electron chi connectivity index (χ4n) is 1.74. The van der Waals surface area contributed by atoms with Crippen LogP contribution in [0.15, 0.2) is 43.0 Å². The molecule has 0 aliphatic heterocycles. The normalized spacial score (nSPS) is 12.8. The lowest BCUT2D eigenvalue weighted by Crippen LogP contribution is -2.29. The highest BCUT2D eigenvalue weighted by molar-refractivity contribution is 5.13. The van der Waals surface area contributed by atoms with E-state index >= 15 is 0 Å². The Bertz CT molecular complexity index is 384. The van der Waals surface area contributed by atoms with Gasteiger partial charge in [0.15, 0.2) is 0 Å². The van der Waals surface area contributed by atoms with Gasteiger partial charge in [0.05, 0.1) is 12.7 Å². The molecular formula is C16H20O. The summed E-state index contributed by atoms with van der Waals surface area (Å²) in [6, 6.07) is 10.1. The molecule has 1 atom stereocenters. The predicted molar refractivity (Wildman–Crippen MR) is 72.4 cm³/mol. The fourth-order valence-corrected chi connectivity index (χ4v) is 1.74. The number of hydrogen-bond donors (Lipinski definition) is 0. The minimum Gasteiger partial charge on any atom is -0.369 e. The van der Waals surface area contributed by atoms with Crippen molar-refractivity contribution in [2.45, 2.75) is 33.0 Å². The Kier molecular flexibility index (Phi) is 5.00. The van der Waals surface area contributed by atoms with E-state index in [0.717, 1.165) is 5.56 Å². The van der Waals surface area contributed by atoms with Crippen LogP contribution in [0.4, 0.5) is 0 Å². The molecule has 0 saturated carbocycles. The van der Waals surface area contributed by atoms with Gasteiger partial charge in [-0.1, -0.05) is 50.3 Å². The zero-order valence-electron chi connectivity index (χ0n) is 10.6. The number of ether oxygens (including phenoxy) is 1. The summed E-state index contributed by atoms with van der Waals surface area (Å²) >= 11 is 0. The molecule has 17 heavy (non-hydrogen) atoms. The highest BCUT2D eigenvalue weighted by Gasteiger charge is 2.27. The molecule has 0 radical (unpaired) electrons. The van der Waals surface area contributed by atoms with Gasteiger partial charge in [-0.15, -0.1) is 18.9 Å². The van der Waals surface area contributed by atoms with E-state index < -0.39 is 0 Å². The maximum atomic E-state index is 5.88. The summed E-state index contributed by atoms with van der Waals surface area (Å²) in [5.41, 5.74) is 1.08. The Morgan fingerprint density at radius 1 is 1.41 bits per heavy atom.